The van der Waals surface area contributed by atoms with Crippen molar-refractivity contribution < 1.29 is 19.1 Å². The molecule has 0 radical (unpaired) electrons. The van der Waals surface area contributed by atoms with Crippen LogP contribution in [-0.4, -0.2) is 34.6 Å². The maximum Gasteiger partial charge on any atom is 0.318 e. The number of rotatable bonds is 5. The Labute approximate surface area is 98.2 Å². The van der Waals surface area contributed by atoms with Gasteiger partial charge in [0.1, 0.15) is 5.76 Å². The second-order valence-electron chi connectivity index (χ2n) is 3.98. The van der Waals surface area contributed by atoms with E-state index < -0.39 is 5.97 Å². The van der Waals surface area contributed by atoms with E-state index in [4.69, 9.17) is 9.52 Å². The molecular weight excluding hydrogens is 224 g/mol. The Morgan fingerprint density at radius 1 is 1.65 bits per heavy atom. The number of nitrogens with zero attached hydrogens (tertiary/aromatic N) is 1. The molecule has 6 nitrogen and oxygen atoms in total. The van der Waals surface area contributed by atoms with Gasteiger partial charge in [-0.1, -0.05) is 0 Å². The predicted molar refractivity (Wildman–Crippen MR) is 58.3 cm³/mol. The average Bonchev–Trinajstić information content (AvgIpc) is 2.89. The Bertz CT molecular complexity index is 402. The van der Waals surface area contributed by atoms with Crippen LogP contribution in [0.25, 0.3) is 0 Å². The summed E-state index contributed by atoms with van der Waals surface area (Å²) in [5.41, 5.74) is 0. The van der Waals surface area contributed by atoms with E-state index in [0.717, 1.165) is 0 Å². The molecule has 0 aromatic carbocycles. The zero-order valence-corrected chi connectivity index (χ0v) is 9.26. The van der Waals surface area contributed by atoms with Crippen molar-refractivity contribution in [3.8, 4) is 0 Å². The Morgan fingerprint density at radius 3 is 3.12 bits per heavy atom. The largest absolute Gasteiger partial charge is 0.481 e. The quantitative estimate of drug-likeness (QED) is 0.802. The fraction of sp³-hybridized carbons (Fsp3) is 0.455. The smallest absolute Gasteiger partial charge is 0.318 e. The summed E-state index contributed by atoms with van der Waals surface area (Å²) < 4.78 is 5.18. The van der Waals surface area contributed by atoms with E-state index in [1.165, 1.54) is 0 Å². The number of carboxylic acids is 1. The maximum absolute atomic E-state index is 11.6. The van der Waals surface area contributed by atoms with Crippen LogP contribution in [0.15, 0.2) is 22.8 Å². The number of amides is 2. The van der Waals surface area contributed by atoms with Gasteiger partial charge in [0.15, 0.2) is 0 Å². The molecule has 1 aromatic heterocycles. The Morgan fingerprint density at radius 2 is 2.47 bits per heavy atom. The zero-order chi connectivity index (χ0) is 12.3. The number of carboxylic acid groups (broad SMARTS) is 1. The van der Waals surface area contributed by atoms with Crippen molar-refractivity contribution in [2.45, 2.75) is 25.4 Å². The van der Waals surface area contributed by atoms with E-state index in [1.807, 2.05) is 0 Å². The van der Waals surface area contributed by atoms with Gasteiger partial charge in [0.2, 0.25) is 0 Å². The van der Waals surface area contributed by atoms with Crippen molar-refractivity contribution in [3.63, 3.8) is 0 Å². The highest BCUT2D eigenvalue weighted by molar-refractivity contribution is 5.77. The SMILES string of the molecule is O=C(O)CCC1CNC(=O)N1Cc1ccco1. The van der Waals surface area contributed by atoms with Crippen LogP contribution in [-0.2, 0) is 11.3 Å². The molecule has 1 saturated heterocycles. The van der Waals surface area contributed by atoms with E-state index in [1.54, 1.807) is 23.3 Å². The normalized spacial score (nSPS) is 19.4. The molecule has 2 rings (SSSR count). The molecule has 2 amide bonds. The summed E-state index contributed by atoms with van der Waals surface area (Å²) in [6.45, 7) is 0.871. The van der Waals surface area contributed by atoms with E-state index in [2.05, 4.69) is 5.32 Å². The highest BCUT2D eigenvalue weighted by Gasteiger charge is 2.31. The third-order valence-electron chi connectivity index (χ3n) is 2.79. The number of urea groups is 1. The highest BCUT2D eigenvalue weighted by atomic mass is 16.4. The first-order valence-corrected chi connectivity index (χ1v) is 5.45. The van der Waals surface area contributed by atoms with E-state index >= 15 is 0 Å². The van der Waals surface area contributed by atoms with Gasteiger partial charge in [0, 0.05) is 13.0 Å². The van der Waals surface area contributed by atoms with Crippen molar-refractivity contribution in [3.05, 3.63) is 24.2 Å². The molecule has 1 aromatic rings. The highest BCUT2D eigenvalue weighted by Crippen LogP contribution is 2.16. The molecule has 2 heterocycles. The van der Waals surface area contributed by atoms with Crippen LogP contribution in [0.1, 0.15) is 18.6 Å². The molecule has 1 aliphatic heterocycles. The van der Waals surface area contributed by atoms with Gasteiger partial charge in [0.25, 0.3) is 0 Å². The van der Waals surface area contributed by atoms with E-state index in [-0.39, 0.29) is 18.5 Å². The summed E-state index contributed by atoms with van der Waals surface area (Å²) >= 11 is 0. The minimum absolute atomic E-state index is 0.0638. The van der Waals surface area contributed by atoms with Crippen molar-refractivity contribution in [2.75, 3.05) is 6.54 Å². The molecule has 0 bridgehead atoms. The molecule has 0 saturated carbocycles. The number of hydrogen-bond donors (Lipinski definition) is 2. The zero-order valence-electron chi connectivity index (χ0n) is 9.26. The lowest BCUT2D eigenvalue weighted by atomic mass is 10.1. The summed E-state index contributed by atoms with van der Waals surface area (Å²) in [7, 11) is 0. The van der Waals surface area contributed by atoms with Gasteiger partial charge < -0.3 is 19.7 Å². The number of hydrogen-bond acceptors (Lipinski definition) is 3. The molecule has 6 heteroatoms. The minimum Gasteiger partial charge on any atom is -0.481 e. The van der Waals surface area contributed by atoms with Crippen molar-refractivity contribution in [1.29, 1.82) is 0 Å². The summed E-state index contributed by atoms with van der Waals surface area (Å²) in [6.07, 6.45) is 2.07. The van der Waals surface area contributed by atoms with Crippen LogP contribution in [0.4, 0.5) is 4.79 Å². The molecule has 2 N–H and O–H groups in total. The van der Waals surface area contributed by atoms with Gasteiger partial charge in [-0.2, -0.15) is 0 Å². The van der Waals surface area contributed by atoms with Gasteiger partial charge in [-0.25, -0.2) is 4.79 Å². The van der Waals surface area contributed by atoms with Crippen LogP contribution in [0.5, 0.6) is 0 Å². The molecule has 0 spiro atoms. The van der Waals surface area contributed by atoms with Crippen molar-refractivity contribution in [1.82, 2.24) is 10.2 Å². The fourth-order valence-corrected chi connectivity index (χ4v) is 1.90. The number of carbonyl (C=O) groups is 2. The number of carbonyl (C=O) groups excluding carboxylic acids is 1. The molecule has 1 unspecified atom stereocenters. The monoisotopic (exact) mass is 238 g/mol. The second kappa shape index (κ2) is 4.90. The fourth-order valence-electron chi connectivity index (χ4n) is 1.90. The van der Waals surface area contributed by atoms with Gasteiger partial charge >= 0.3 is 12.0 Å². The summed E-state index contributed by atoms with van der Waals surface area (Å²) in [5, 5.41) is 11.3. The molecule has 17 heavy (non-hydrogen) atoms. The van der Waals surface area contributed by atoms with Gasteiger partial charge in [-0.05, 0) is 18.6 Å². The lowest BCUT2D eigenvalue weighted by Crippen LogP contribution is -2.33. The summed E-state index contributed by atoms with van der Waals surface area (Å²) in [6, 6.07) is 3.30. The van der Waals surface area contributed by atoms with Crippen LogP contribution >= 0.6 is 0 Å². The topological polar surface area (TPSA) is 82.8 Å². The van der Waals surface area contributed by atoms with Crippen LogP contribution in [0, 0.1) is 0 Å². The third kappa shape index (κ3) is 2.77. The predicted octanol–water partition coefficient (Wildman–Crippen LogP) is 1.04. The van der Waals surface area contributed by atoms with Crippen molar-refractivity contribution in [2.24, 2.45) is 0 Å². The lowest BCUT2D eigenvalue weighted by Gasteiger charge is -2.21. The first-order chi connectivity index (χ1) is 8.16. The first-order valence-electron chi connectivity index (χ1n) is 5.45. The first kappa shape index (κ1) is 11.5. The van der Waals surface area contributed by atoms with E-state index in [0.29, 0.717) is 25.3 Å². The van der Waals surface area contributed by atoms with E-state index in [9.17, 15) is 9.59 Å². The molecule has 0 aliphatic carbocycles. The maximum atomic E-state index is 11.6. The van der Waals surface area contributed by atoms with Crippen LogP contribution < -0.4 is 5.32 Å². The van der Waals surface area contributed by atoms with Gasteiger partial charge in [-0.3, -0.25) is 4.79 Å². The molecule has 92 valence electrons. The van der Waals surface area contributed by atoms with Crippen LogP contribution in [0.3, 0.4) is 0 Å². The minimum atomic E-state index is -0.845. The average molecular weight is 238 g/mol. The summed E-state index contributed by atoms with van der Waals surface area (Å²) in [5.74, 6) is -0.148. The Hall–Kier alpha value is -1.98. The lowest BCUT2D eigenvalue weighted by molar-refractivity contribution is -0.137. The number of aliphatic carboxylic acids is 1. The second-order valence-corrected chi connectivity index (χ2v) is 3.98. The third-order valence-corrected chi connectivity index (χ3v) is 2.79. The Kier molecular flexibility index (Phi) is 3.32. The molecular formula is C11H14N2O4. The molecule has 1 atom stereocenters. The van der Waals surface area contributed by atoms with Crippen LogP contribution in [0.2, 0.25) is 0 Å². The van der Waals surface area contributed by atoms with Gasteiger partial charge in [0.05, 0.1) is 18.8 Å². The molecule has 1 fully saturated rings. The molecule has 1 aliphatic rings. The Balaban J connectivity index is 1.96. The summed E-state index contributed by atoms with van der Waals surface area (Å²) in [4.78, 5) is 23.7. The standard InChI is InChI=1S/C11H14N2O4/c14-10(15)4-3-8-6-12-11(16)13(8)7-9-2-1-5-17-9/h1-2,5,8H,3-4,6-7H2,(H,12,16)(H,14,15). The van der Waals surface area contributed by atoms with Crippen molar-refractivity contribution >= 4 is 12.0 Å². The number of furan rings is 1. The van der Waals surface area contributed by atoms with Gasteiger partial charge in [-0.15, -0.1) is 0 Å². The number of nitrogens with one attached hydrogen (secondary N) is 1.